The van der Waals surface area contributed by atoms with Gasteiger partial charge in [-0.1, -0.05) is 59.9 Å². The number of phenols is 1. The molecule has 3 nitrogen and oxygen atoms in total. The SMILES string of the molecule is C=C1SCC(=O)N1c1cc(C(C)(C)C)c(O)c(C(C)(C)C)c1. The molecule has 1 amide bonds. The molecule has 2 rings (SSSR count). The van der Waals surface area contributed by atoms with Crippen molar-refractivity contribution in [2.24, 2.45) is 0 Å². The zero-order valence-electron chi connectivity index (χ0n) is 14.3. The monoisotopic (exact) mass is 319 g/mol. The van der Waals surface area contributed by atoms with E-state index >= 15 is 0 Å². The highest BCUT2D eigenvalue weighted by Gasteiger charge is 2.32. The maximum Gasteiger partial charge on any atom is 0.242 e. The highest BCUT2D eigenvalue weighted by molar-refractivity contribution is 8.04. The molecule has 0 aromatic heterocycles. The van der Waals surface area contributed by atoms with E-state index in [0.29, 0.717) is 11.5 Å². The van der Waals surface area contributed by atoms with Gasteiger partial charge in [0.25, 0.3) is 0 Å². The fourth-order valence-electron chi connectivity index (χ4n) is 2.59. The summed E-state index contributed by atoms with van der Waals surface area (Å²) in [6, 6.07) is 3.83. The predicted octanol–water partition coefficient (Wildman–Crippen LogP) is 4.54. The van der Waals surface area contributed by atoms with Crippen molar-refractivity contribution >= 4 is 23.4 Å². The van der Waals surface area contributed by atoms with Crippen molar-refractivity contribution in [1.82, 2.24) is 0 Å². The second kappa shape index (κ2) is 5.34. The number of hydrogen-bond acceptors (Lipinski definition) is 3. The Hall–Kier alpha value is -1.42. The van der Waals surface area contributed by atoms with Crippen LogP contribution in [0.3, 0.4) is 0 Å². The molecule has 0 radical (unpaired) electrons. The van der Waals surface area contributed by atoms with Crippen LogP contribution in [0.1, 0.15) is 52.7 Å². The number of anilines is 1. The molecule has 1 aliphatic heterocycles. The van der Waals surface area contributed by atoms with Gasteiger partial charge in [0.05, 0.1) is 16.5 Å². The molecular formula is C18H25NO2S. The van der Waals surface area contributed by atoms with Crippen molar-refractivity contribution in [1.29, 1.82) is 0 Å². The molecule has 120 valence electrons. The zero-order valence-corrected chi connectivity index (χ0v) is 15.1. The third-order valence-electron chi connectivity index (χ3n) is 3.83. The first-order valence-corrected chi connectivity index (χ1v) is 8.44. The molecule has 1 aromatic carbocycles. The van der Waals surface area contributed by atoms with Gasteiger partial charge in [0, 0.05) is 11.1 Å². The Bertz CT molecular complexity index is 584. The van der Waals surface area contributed by atoms with E-state index in [1.807, 2.05) is 12.1 Å². The Morgan fingerprint density at radius 1 is 1.09 bits per heavy atom. The summed E-state index contributed by atoms with van der Waals surface area (Å²) in [4.78, 5) is 13.8. The lowest BCUT2D eigenvalue weighted by atomic mass is 9.79. The van der Waals surface area contributed by atoms with Crippen molar-refractivity contribution in [3.05, 3.63) is 34.9 Å². The van der Waals surface area contributed by atoms with Crippen LogP contribution >= 0.6 is 11.8 Å². The molecule has 1 saturated heterocycles. The molecule has 0 bridgehead atoms. The number of aromatic hydroxyl groups is 1. The standard InChI is InChI=1S/C18H25NO2S/c1-11-19(15(20)10-22-11)12-8-13(17(2,3)4)16(21)14(9-12)18(5,6)7/h8-9,21H,1,10H2,2-7H3. The van der Waals surface area contributed by atoms with Crippen molar-refractivity contribution < 1.29 is 9.90 Å². The summed E-state index contributed by atoms with van der Waals surface area (Å²) in [7, 11) is 0. The largest absolute Gasteiger partial charge is 0.507 e. The van der Waals surface area contributed by atoms with Gasteiger partial charge in [0.1, 0.15) is 5.75 Å². The molecule has 1 N–H and O–H groups in total. The molecule has 1 aromatic rings. The minimum Gasteiger partial charge on any atom is -0.507 e. The summed E-state index contributed by atoms with van der Waals surface area (Å²) < 4.78 is 0. The summed E-state index contributed by atoms with van der Waals surface area (Å²) in [6.45, 7) is 16.4. The van der Waals surface area contributed by atoms with E-state index in [0.717, 1.165) is 21.8 Å². The Balaban J connectivity index is 2.71. The average molecular weight is 319 g/mol. The number of thioether (sulfide) groups is 1. The van der Waals surface area contributed by atoms with Crippen LogP contribution in [0.2, 0.25) is 0 Å². The van der Waals surface area contributed by atoms with E-state index in [9.17, 15) is 9.90 Å². The van der Waals surface area contributed by atoms with Crippen LogP contribution in [-0.2, 0) is 15.6 Å². The maximum atomic E-state index is 12.2. The van der Waals surface area contributed by atoms with Crippen molar-refractivity contribution in [2.45, 2.75) is 52.4 Å². The lowest BCUT2D eigenvalue weighted by molar-refractivity contribution is -0.115. The molecule has 0 saturated carbocycles. The van der Waals surface area contributed by atoms with Crippen LogP contribution in [0.4, 0.5) is 5.69 Å². The van der Waals surface area contributed by atoms with E-state index in [1.54, 1.807) is 4.90 Å². The molecule has 0 aliphatic carbocycles. The third kappa shape index (κ3) is 3.02. The summed E-state index contributed by atoms with van der Waals surface area (Å²) in [5.41, 5.74) is 2.09. The average Bonchev–Trinajstić information content (AvgIpc) is 2.67. The fraction of sp³-hybridized carbons (Fsp3) is 0.500. The van der Waals surface area contributed by atoms with Gasteiger partial charge in [-0.05, 0) is 23.0 Å². The number of phenolic OH excluding ortho intramolecular Hbond substituents is 1. The van der Waals surface area contributed by atoms with Crippen LogP contribution in [0.25, 0.3) is 0 Å². The summed E-state index contributed by atoms with van der Waals surface area (Å²) in [5, 5.41) is 11.5. The Kier molecular flexibility index (Phi) is 4.11. The molecule has 0 unspecified atom stereocenters. The van der Waals surface area contributed by atoms with Crippen LogP contribution in [0.15, 0.2) is 23.7 Å². The highest BCUT2D eigenvalue weighted by atomic mass is 32.2. The highest BCUT2D eigenvalue weighted by Crippen LogP contribution is 2.43. The maximum absolute atomic E-state index is 12.2. The lowest BCUT2D eigenvalue weighted by Gasteiger charge is -2.30. The summed E-state index contributed by atoms with van der Waals surface area (Å²) in [5.74, 6) is 0.796. The van der Waals surface area contributed by atoms with Gasteiger partial charge in [-0.2, -0.15) is 0 Å². The molecular weight excluding hydrogens is 294 g/mol. The molecule has 0 spiro atoms. The van der Waals surface area contributed by atoms with Gasteiger partial charge in [-0.25, -0.2) is 0 Å². The molecule has 1 heterocycles. The topological polar surface area (TPSA) is 40.5 Å². The van der Waals surface area contributed by atoms with Gasteiger partial charge in [0.15, 0.2) is 0 Å². The number of amides is 1. The molecule has 1 aliphatic rings. The number of carbonyl (C=O) groups excluding carboxylic acids is 1. The van der Waals surface area contributed by atoms with Crippen molar-refractivity contribution in [3.63, 3.8) is 0 Å². The smallest absolute Gasteiger partial charge is 0.242 e. The Morgan fingerprint density at radius 2 is 1.55 bits per heavy atom. The van der Waals surface area contributed by atoms with Gasteiger partial charge < -0.3 is 5.11 Å². The van der Waals surface area contributed by atoms with Crippen LogP contribution in [-0.4, -0.2) is 16.8 Å². The van der Waals surface area contributed by atoms with Crippen molar-refractivity contribution in [2.75, 3.05) is 10.7 Å². The van der Waals surface area contributed by atoms with Gasteiger partial charge in [0.2, 0.25) is 5.91 Å². The van der Waals surface area contributed by atoms with E-state index in [1.165, 1.54) is 11.8 Å². The summed E-state index contributed by atoms with van der Waals surface area (Å²) in [6.07, 6.45) is 0. The van der Waals surface area contributed by atoms with Gasteiger partial charge in [-0.3, -0.25) is 9.69 Å². The minimum absolute atomic E-state index is 0.0420. The van der Waals surface area contributed by atoms with Gasteiger partial charge >= 0.3 is 0 Å². The second-order valence-corrected chi connectivity index (χ2v) is 8.85. The van der Waals surface area contributed by atoms with Crippen molar-refractivity contribution in [3.8, 4) is 5.75 Å². The number of carbonyl (C=O) groups is 1. The van der Waals surface area contributed by atoms with Crippen LogP contribution in [0, 0.1) is 0 Å². The van der Waals surface area contributed by atoms with Crippen LogP contribution in [0.5, 0.6) is 5.75 Å². The third-order valence-corrected chi connectivity index (χ3v) is 4.74. The molecule has 0 atom stereocenters. The van der Waals surface area contributed by atoms with Crippen LogP contribution < -0.4 is 4.90 Å². The molecule has 22 heavy (non-hydrogen) atoms. The predicted molar refractivity (Wildman–Crippen MR) is 94.6 cm³/mol. The number of rotatable bonds is 1. The fourth-order valence-corrected chi connectivity index (χ4v) is 3.35. The zero-order chi connectivity index (χ0) is 16.9. The number of nitrogens with zero attached hydrogens (tertiary/aromatic N) is 1. The van der Waals surface area contributed by atoms with E-state index < -0.39 is 0 Å². The van der Waals surface area contributed by atoms with E-state index in [-0.39, 0.29) is 16.7 Å². The van der Waals surface area contributed by atoms with E-state index in [2.05, 4.69) is 48.1 Å². The first-order valence-electron chi connectivity index (χ1n) is 7.45. The lowest BCUT2D eigenvalue weighted by Crippen LogP contribution is -2.25. The first-order chi connectivity index (χ1) is 9.93. The molecule has 4 heteroatoms. The number of benzene rings is 1. The number of hydrogen-bond donors (Lipinski definition) is 1. The first kappa shape index (κ1) is 16.9. The molecule has 1 fully saturated rings. The minimum atomic E-state index is -0.211. The second-order valence-electron chi connectivity index (χ2n) is 7.80. The summed E-state index contributed by atoms with van der Waals surface area (Å²) >= 11 is 1.46. The van der Waals surface area contributed by atoms with E-state index in [4.69, 9.17) is 0 Å². The Labute approximate surface area is 137 Å². The normalized spacial score (nSPS) is 16.5. The Morgan fingerprint density at radius 3 is 1.86 bits per heavy atom. The quantitative estimate of drug-likeness (QED) is 0.826. The van der Waals surface area contributed by atoms with Gasteiger partial charge in [-0.15, -0.1) is 0 Å².